The van der Waals surface area contributed by atoms with E-state index in [9.17, 15) is 4.79 Å². The van der Waals surface area contributed by atoms with Crippen LogP contribution in [0.4, 0.5) is 0 Å². The number of hydrogen-bond acceptors (Lipinski definition) is 2. The molecule has 0 saturated carbocycles. The summed E-state index contributed by atoms with van der Waals surface area (Å²) in [5, 5.41) is 3.33. The summed E-state index contributed by atoms with van der Waals surface area (Å²) in [6.07, 6.45) is 2.47. The highest BCUT2D eigenvalue weighted by Crippen LogP contribution is 2.09. The van der Waals surface area contributed by atoms with E-state index < -0.39 is 5.91 Å². The zero-order chi connectivity index (χ0) is 14.4. The van der Waals surface area contributed by atoms with Gasteiger partial charge in [0.15, 0.2) is 5.96 Å². The molecule has 5 heteroatoms. The number of amides is 1. The Morgan fingerprint density at radius 1 is 1.30 bits per heavy atom. The van der Waals surface area contributed by atoms with E-state index in [0.29, 0.717) is 12.1 Å². The van der Waals surface area contributed by atoms with E-state index in [1.54, 1.807) is 12.1 Å². The van der Waals surface area contributed by atoms with Gasteiger partial charge in [-0.1, -0.05) is 12.1 Å². The van der Waals surface area contributed by atoms with Crippen LogP contribution in [0.1, 0.15) is 35.7 Å². The monoisotopic (exact) mass is 274 g/mol. The molecule has 0 unspecified atom stereocenters. The minimum Gasteiger partial charge on any atom is -0.366 e. The van der Waals surface area contributed by atoms with Gasteiger partial charge in [-0.2, -0.15) is 0 Å². The van der Waals surface area contributed by atoms with Crippen LogP contribution in [-0.4, -0.2) is 36.4 Å². The number of primary amides is 1. The molecule has 1 saturated heterocycles. The third kappa shape index (κ3) is 3.73. The van der Waals surface area contributed by atoms with E-state index in [1.807, 2.05) is 12.1 Å². The van der Waals surface area contributed by atoms with Crippen molar-refractivity contribution >= 4 is 11.9 Å². The van der Waals surface area contributed by atoms with Gasteiger partial charge in [0, 0.05) is 25.2 Å². The summed E-state index contributed by atoms with van der Waals surface area (Å²) in [7, 11) is 0. The van der Waals surface area contributed by atoms with Gasteiger partial charge in [-0.3, -0.25) is 4.79 Å². The van der Waals surface area contributed by atoms with Crippen molar-refractivity contribution in [2.75, 3.05) is 19.6 Å². The van der Waals surface area contributed by atoms with Gasteiger partial charge in [0.2, 0.25) is 5.91 Å². The quantitative estimate of drug-likeness (QED) is 0.643. The molecule has 20 heavy (non-hydrogen) atoms. The fourth-order valence-corrected chi connectivity index (χ4v) is 2.30. The van der Waals surface area contributed by atoms with Crippen LogP contribution in [0, 0.1) is 0 Å². The third-order valence-corrected chi connectivity index (χ3v) is 3.39. The molecule has 1 aromatic rings. The fourth-order valence-electron chi connectivity index (χ4n) is 2.30. The van der Waals surface area contributed by atoms with Gasteiger partial charge < -0.3 is 16.0 Å². The second-order valence-electron chi connectivity index (χ2n) is 4.93. The van der Waals surface area contributed by atoms with Crippen LogP contribution in [0.2, 0.25) is 0 Å². The maximum Gasteiger partial charge on any atom is 0.248 e. The van der Waals surface area contributed by atoms with Crippen molar-refractivity contribution < 1.29 is 4.79 Å². The normalized spacial score (nSPS) is 15.4. The third-order valence-electron chi connectivity index (χ3n) is 3.39. The number of carbonyl (C=O) groups is 1. The fraction of sp³-hybridized carbons (Fsp3) is 0.467. The van der Waals surface area contributed by atoms with E-state index in [0.717, 1.165) is 31.2 Å². The van der Waals surface area contributed by atoms with Crippen molar-refractivity contribution in [3.05, 3.63) is 35.4 Å². The van der Waals surface area contributed by atoms with Crippen LogP contribution >= 0.6 is 0 Å². The number of nitrogens with two attached hydrogens (primary N) is 1. The Morgan fingerprint density at radius 3 is 2.50 bits per heavy atom. The summed E-state index contributed by atoms with van der Waals surface area (Å²) >= 11 is 0. The van der Waals surface area contributed by atoms with Gasteiger partial charge >= 0.3 is 0 Å². The highest BCUT2D eigenvalue weighted by Gasteiger charge is 2.15. The molecule has 1 aromatic carbocycles. The molecular formula is C15H22N4O. The smallest absolute Gasteiger partial charge is 0.248 e. The van der Waals surface area contributed by atoms with Crippen molar-refractivity contribution in [2.45, 2.75) is 26.3 Å². The Bertz CT molecular complexity index is 475. The summed E-state index contributed by atoms with van der Waals surface area (Å²) < 4.78 is 0. The molecule has 0 aromatic heterocycles. The predicted octanol–water partition coefficient (Wildman–Crippen LogP) is 1.35. The van der Waals surface area contributed by atoms with Crippen molar-refractivity contribution in [2.24, 2.45) is 10.7 Å². The van der Waals surface area contributed by atoms with Crippen LogP contribution in [0.3, 0.4) is 0 Å². The van der Waals surface area contributed by atoms with Crippen LogP contribution in [-0.2, 0) is 6.54 Å². The van der Waals surface area contributed by atoms with E-state index in [1.165, 1.54) is 12.8 Å². The maximum absolute atomic E-state index is 11.0. The molecule has 108 valence electrons. The lowest BCUT2D eigenvalue weighted by atomic mass is 10.1. The van der Waals surface area contributed by atoms with E-state index in [-0.39, 0.29) is 0 Å². The summed E-state index contributed by atoms with van der Waals surface area (Å²) in [5.41, 5.74) is 6.83. The molecule has 2 rings (SSSR count). The van der Waals surface area contributed by atoms with Crippen LogP contribution in [0.15, 0.2) is 29.3 Å². The second kappa shape index (κ2) is 6.93. The topological polar surface area (TPSA) is 70.7 Å². The first-order valence-electron chi connectivity index (χ1n) is 7.12. The lowest BCUT2D eigenvalue weighted by Crippen LogP contribution is -2.39. The van der Waals surface area contributed by atoms with Crippen molar-refractivity contribution in [1.82, 2.24) is 10.2 Å². The average molecular weight is 274 g/mol. The highest BCUT2D eigenvalue weighted by molar-refractivity contribution is 5.92. The number of carbonyl (C=O) groups excluding carboxylic acids is 1. The SMILES string of the molecule is CCNC(=NCc1ccc(C(N)=O)cc1)N1CCCC1. The summed E-state index contributed by atoms with van der Waals surface area (Å²) in [5.74, 6) is 0.578. The Balaban J connectivity index is 2.02. The van der Waals surface area contributed by atoms with Crippen LogP contribution in [0.25, 0.3) is 0 Å². The average Bonchev–Trinajstić information content (AvgIpc) is 2.98. The number of hydrogen-bond donors (Lipinski definition) is 2. The lowest BCUT2D eigenvalue weighted by molar-refractivity contribution is 0.100. The molecule has 1 amide bonds. The summed E-state index contributed by atoms with van der Waals surface area (Å²) in [4.78, 5) is 18.0. The molecule has 0 bridgehead atoms. The number of likely N-dealkylation sites (tertiary alicyclic amines) is 1. The van der Waals surface area contributed by atoms with E-state index in [4.69, 9.17) is 5.73 Å². The number of benzene rings is 1. The van der Waals surface area contributed by atoms with E-state index in [2.05, 4.69) is 22.1 Å². The molecule has 0 atom stereocenters. The minimum atomic E-state index is -0.398. The Kier molecular flexibility index (Phi) is 4.98. The zero-order valence-corrected chi connectivity index (χ0v) is 11.9. The number of guanidine groups is 1. The molecule has 0 aliphatic carbocycles. The molecular weight excluding hydrogens is 252 g/mol. The molecule has 1 heterocycles. The standard InChI is InChI=1S/C15H22N4O/c1-2-17-15(19-9-3-4-10-19)18-11-12-5-7-13(8-6-12)14(16)20/h5-8H,2-4,9-11H2,1H3,(H2,16,20)(H,17,18). The van der Waals surface area contributed by atoms with Crippen molar-refractivity contribution in [3.63, 3.8) is 0 Å². The van der Waals surface area contributed by atoms with Crippen LogP contribution < -0.4 is 11.1 Å². The van der Waals surface area contributed by atoms with Gasteiger partial charge in [0.05, 0.1) is 6.54 Å². The molecule has 5 nitrogen and oxygen atoms in total. The number of nitrogens with zero attached hydrogens (tertiary/aromatic N) is 2. The van der Waals surface area contributed by atoms with Gasteiger partial charge in [0.1, 0.15) is 0 Å². The van der Waals surface area contributed by atoms with Gasteiger partial charge in [-0.05, 0) is 37.5 Å². The van der Waals surface area contributed by atoms with Crippen LogP contribution in [0.5, 0.6) is 0 Å². The first kappa shape index (κ1) is 14.4. The number of aliphatic imine (C=N–C) groups is 1. The highest BCUT2D eigenvalue weighted by atomic mass is 16.1. The Labute approximate surface area is 119 Å². The first-order valence-corrected chi connectivity index (χ1v) is 7.12. The van der Waals surface area contributed by atoms with E-state index >= 15 is 0 Å². The Morgan fingerprint density at radius 2 is 1.95 bits per heavy atom. The van der Waals surface area contributed by atoms with Gasteiger partial charge in [0.25, 0.3) is 0 Å². The molecule has 1 aliphatic heterocycles. The largest absolute Gasteiger partial charge is 0.366 e. The summed E-state index contributed by atoms with van der Waals surface area (Å²) in [6.45, 7) is 5.71. The van der Waals surface area contributed by atoms with Gasteiger partial charge in [-0.15, -0.1) is 0 Å². The maximum atomic E-state index is 11.0. The van der Waals surface area contributed by atoms with Crippen molar-refractivity contribution in [3.8, 4) is 0 Å². The molecule has 1 aliphatic rings. The molecule has 1 fully saturated rings. The zero-order valence-electron chi connectivity index (χ0n) is 11.9. The molecule has 0 spiro atoms. The second-order valence-corrected chi connectivity index (χ2v) is 4.93. The molecule has 3 N–H and O–H groups in total. The minimum absolute atomic E-state index is 0.398. The first-order chi connectivity index (χ1) is 9.70. The van der Waals surface area contributed by atoms with Gasteiger partial charge in [-0.25, -0.2) is 4.99 Å². The predicted molar refractivity (Wildman–Crippen MR) is 80.6 cm³/mol. The number of nitrogens with one attached hydrogen (secondary N) is 1. The lowest BCUT2D eigenvalue weighted by Gasteiger charge is -2.20. The summed E-state index contributed by atoms with van der Waals surface area (Å²) in [6, 6.07) is 7.29. The number of rotatable bonds is 4. The van der Waals surface area contributed by atoms with Crippen molar-refractivity contribution in [1.29, 1.82) is 0 Å². The Hall–Kier alpha value is -2.04. The molecule has 0 radical (unpaired) electrons.